The van der Waals surface area contributed by atoms with Gasteiger partial charge in [0, 0.05) is 34.7 Å². The second-order valence-corrected chi connectivity index (χ2v) is 8.16. The van der Waals surface area contributed by atoms with E-state index in [1.807, 2.05) is 6.92 Å². The Balaban J connectivity index is 2.00. The molecule has 3 aromatic rings. The van der Waals surface area contributed by atoms with Crippen LogP contribution in [0.3, 0.4) is 0 Å². The number of hydrogen-bond acceptors (Lipinski definition) is 1. The molecule has 28 heavy (non-hydrogen) atoms. The van der Waals surface area contributed by atoms with Crippen LogP contribution in [-0.2, 0) is 6.42 Å². The summed E-state index contributed by atoms with van der Waals surface area (Å²) in [6.07, 6.45) is 0.457. The van der Waals surface area contributed by atoms with Crippen LogP contribution in [0.4, 0.5) is 17.6 Å². The first-order chi connectivity index (χ1) is 13.2. The van der Waals surface area contributed by atoms with Crippen LogP contribution in [0.5, 0.6) is 0 Å². The molecule has 1 N–H and O–H groups in total. The minimum absolute atomic E-state index is 0.0100. The number of nitrogens with one attached hydrogen (secondary N) is 1. The standard InChI is InChI=1S/C22H22F4N2/c1-12-10-13-18-14(23)8-5-9-17(18)27-20(13)21(28(12)11-22(2,3)26)19-15(24)6-4-7-16(19)25/h4-9,12,21,27H,10-11H2,1-3H3/t12-,21-/m1/s1. The number of fused-ring (bicyclic) bond motifs is 3. The van der Waals surface area contributed by atoms with Gasteiger partial charge in [0.15, 0.2) is 0 Å². The Bertz CT molecular complexity index is 1010. The van der Waals surface area contributed by atoms with Gasteiger partial charge in [0.25, 0.3) is 0 Å². The molecule has 4 rings (SSSR count). The average Bonchev–Trinajstić information content (AvgIpc) is 2.95. The van der Waals surface area contributed by atoms with Crippen molar-refractivity contribution in [1.29, 1.82) is 0 Å². The van der Waals surface area contributed by atoms with Gasteiger partial charge in [-0.15, -0.1) is 0 Å². The van der Waals surface area contributed by atoms with Gasteiger partial charge in [-0.1, -0.05) is 12.1 Å². The van der Waals surface area contributed by atoms with Crippen LogP contribution in [0, 0.1) is 17.5 Å². The summed E-state index contributed by atoms with van der Waals surface area (Å²) in [7, 11) is 0. The van der Waals surface area contributed by atoms with Crippen molar-refractivity contribution in [1.82, 2.24) is 9.88 Å². The van der Waals surface area contributed by atoms with Gasteiger partial charge in [-0.3, -0.25) is 4.90 Å². The SMILES string of the molecule is C[C@@H]1Cc2c([nH]c3cccc(F)c23)[C@@H](c2c(F)cccc2F)N1CC(C)(C)F. The first kappa shape index (κ1) is 19.0. The fraction of sp³-hybridized carbons (Fsp3) is 0.364. The Morgan fingerprint density at radius 1 is 1.04 bits per heavy atom. The fourth-order valence-electron chi connectivity index (χ4n) is 4.33. The maximum absolute atomic E-state index is 14.7. The third-order valence-electron chi connectivity index (χ3n) is 5.41. The molecule has 0 aliphatic carbocycles. The molecule has 0 amide bonds. The quantitative estimate of drug-likeness (QED) is 0.571. The molecule has 2 heterocycles. The number of halogens is 4. The van der Waals surface area contributed by atoms with E-state index in [-0.39, 0.29) is 24.0 Å². The van der Waals surface area contributed by atoms with Gasteiger partial charge >= 0.3 is 0 Å². The second kappa shape index (κ2) is 6.62. The summed E-state index contributed by atoms with van der Waals surface area (Å²) in [6.45, 7) is 4.74. The Labute approximate surface area is 161 Å². The number of H-pyrrole nitrogens is 1. The van der Waals surface area contributed by atoms with E-state index >= 15 is 0 Å². The normalized spacial score (nSPS) is 20.5. The van der Waals surface area contributed by atoms with Crippen LogP contribution in [0.1, 0.15) is 43.6 Å². The first-order valence-corrected chi connectivity index (χ1v) is 9.35. The highest BCUT2D eigenvalue weighted by molar-refractivity contribution is 5.86. The van der Waals surface area contributed by atoms with E-state index in [1.54, 1.807) is 17.0 Å². The smallest absolute Gasteiger partial charge is 0.132 e. The van der Waals surface area contributed by atoms with Gasteiger partial charge in [-0.05, 0) is 57.0 Å². The molecule has 0 saturated heterocycles. The van der Waals surface area contributed by atoms with E-state index in [9.17, 15) is 17.6 Å². The molecule has 0 bridgehead atoms. The lowest BCUT2D eigenvalue weighted by Gasteiger charge is -2.43. The lowest BCUT2D eigenvalue weighted by atomic mass is 9.87. The number of benzene rings is 2. The van der Waals surface area contributed by atoms with Crippen molar-refractivity contribution in [2.24, 2.45) is 0 Å². The summed E-state index contributed by atoms with van der Waals surface area (Å²) >= 11 is 0. The van der Waals surface area contributed by atoms with E-state index in [4.69, 9.17) is 0 Å². The molecular formula is C22H22F4N2. The molecule has 0 saturated carbocycles. The minimum Gasteiger partial charge on any atom is -0.356 e. The third kappa shape index (κ3) is 3.09. The predicted molar refractivity (Wildman–Crippen MR) is 102 cm³/mol. The van der Waals surface area contributed by atoms with E-state index in [0.717, 1.165) is 0 Å². The average molecular weight is 390 g/mol. The Kier molecular flexibility index (Phi) is 4.49. The molecule has 0 radical (unpaired) electrons. The molecule has 6 heteroatoms. The van der Waals surface area contributed by atoms with Crippen molar-refractivity contribution in [3.63, 3.8) is 0 Å². The summed E-state index contributed by atoms with van der Waals surface area (Å²) in [5, 5.41) is 0.435. The zero-order valence-electron chi connectivity index (χ0n) is 16.0. The maximum atomic E-state index is 14.7. The van der Waals surface area contributed by atoms with E-state index in [1.165, 1.54) is 38.1 Å². The molecule has 2 atom stereocenters. The molecule has 1 aromatic heterocycles. The van der Waals surface area contributed by atoms with Gasteiger partial charge in [0.1, 0.15) is 23.1 Å². The predicted octanol–water partition coefficient (Wildman–Crippen LogP) is 5.67. The van der Waals surface area contributed by atoms with Crippen LogP contribution in [0.15, 0.2) is 36.4 Å². The molecule has 148 valence electrons. The Morgan fingerprint density at radius 2 is 1.64 bits per heavy atom. The highest BCUT2D eigenvalue weighted by atomic mass is 19.1. The largest absolute Gasteiger partial charge is 0.356 e. The van der Waals surface area contributed by atoms with Crippen molar-refractivity contribution >= 4 is 10.9 Å². The Hall–Kier alpha value is -2.34. The highest BCUT2D eigenvalue weighted by Gasteiger charge is 2.41. The monoisotopic (exact) mass is 390 g/mol. The summed E-state index contributed by atoms with van der Waals surface area (Å²) in [6, 6.07) is 7.28. The van der Waals surface area contributed by atoms with E-state index < -0.39 is 23.3 Å². The van der Waals surface area contributed by atoms with E-state index in [2.05, 4.69) is 4.98 Å². The Morgan fingerprint density at radius 3 is 2.29 bits per heavy atom. The van der Waals surface area contributed by atoms with Crippen LogP contribution < -0.4 is 0 Å². The maximum Gasteiger partial charge on any atom is 0.132 e. The van der Waals surface area contributed by atoms with Gasteiger partial charge in [0.05, 0.1) is 6.04 Å². The number of aromatic amines is 1. The van der Waals surface area contributed by atoms with Crippen molar-refractivity contribution in [2.75, 3.05) is 6.54 Å². The summed E-state index contributed by atoms with van der Waals surface area (Å²) in [5.74, 6) is -1.79. The number of aromatic nitrogens is 1. The molecule has 1 aliphatic heterocycles. The number of hydrogen-bond donors (Lipinski definition) is 1. The topological polar surface area (TPSA) is 19.0 Å². The van der Waals surface area contributed by atoms with Gasteiger partial charge in [0.2, 0.25) is 0 Å². The van der Waals surface area contributed by atoms with Gasteiger partial charge < -0.3 is 4.98 Å². The van der Waals surface area contributed by atoms with Crippen LogP contribution in [0.25, 0.3) is 10.9 Å². The zero-order chi connectivity index (χ0) is 20.2. The van der Waals surface area contributed by atoms with Crippen molar-refractivity contribution in [3.8, 4) is 0 Å². The molecule has 2 aromatic carbocycles. The molecule has 0 spiro atoms. The number of alkyl halides is 1. The fourth-order valence-corrected chi connectivity index (χ4v) is 4.33. The van der Waals surface area contributed by atoms with Crippen LogP contribution in [-0.4, -0.2) is 28.1 Å². The number of rotatable bonds is 3. The summed E-state index contributed by atoms with van der Waals surface area (Å²) in [4.78, 5) is 4.92. The van der Waals surface area contributed by atoms with Gasteiger partial charge in [-0.2, -0.15) is 0 Å². The second-order valence-electron chi connectivity index (χ2n) is 8.16. The van der Waals surface area contributed by atoms with Crippen molar-refractivity contribution in [3.05, 3.63) is 70.7 Å². The number of nitrogens with zero attached hydrogens (tertiary/aromatic N) is 1. The molecule has 1 aliphatic rings. The van der Waals surface area contributed by atoms with Crippen LogP contribution in [0.2, 0.25) is 0 Å². The minimum atomic E-state index is -1.57. The molecule has 2 nitrogen and oxygen atoms in total. The van der Waals surface area contributed by atoms with Crippen LogP contribution >= 0.6 is 0 Å². The van der Waals surface area contributed by atoms with Gasteiger partial charge in [-0.25, -0.2) is 17.6 Å². The van der Waals surface area contributed by atoms with Crippen molar-refractivity contribution < 1.29 is 17.6 Å². The lowest BCUT2D eigenvalue weighted by molar-refractivity contribution is 0.0642. The zero-order valence-corrected chi connectivity index (χ0v) is 16.0. The summed E-state index contributed by atoms with van der Waals surface area (Å²) < 4.78 is 58.6. The van der Waals surface area contributed by atoms with E-state index in [0.29, 0.717) is 28.6 Å². The third-order valence-corrected chi connectivity index (χ3v) is 5.41. The summed E-state index contributed by atoms with van der Waals surface area (Å²) in [5.41, 5.74) is 0.0719. The van der Waals surface area contributed by atoms with Crippen molar-refractivity contribution in [2.45, 2.75) is 44.9 Å². The first-order valence-electron chi connectivity index (χ1n) is 9.35. The molecule has 0 unspecified atom stereocenters. The molecule has 0 fully saturated rings. The lowest BCUT2D eigenvalue weighted by Crippen LogP contribution is -2.48. The molecular weight excluding hydrogens is 368 g/mol. The highest BCUT2D eigenvalue weighted by Crippen LogP contribution is 2.43.